The summed E-state index contributed by atoms with van der Waals surface area (Å²) < 4.78 is 11.3. The second-order valence-corrected chi connectivity index (χ2v) is 4.11. The van der Waals surface area contributed by atoms with Crippen LogP contribution in [0.5, 0.6) is 0 Å². The Balaban J connectivity index is 2.95. The molecule has 0 bridgehead atoms. The first kappa shape index (κ1) is 11.0. The fraction of sp³-hybridized carbons (Fsp3) is 0.222. The van der Waals surface area contributed by atoms with E-state index in [-0.39, 0.29) is 11.8 Å². The second kappa shape index (κ2) is 4.99. The molecular formula is C9H12N2O2S. The molecule has 0 aliphatic rings. The van der Waals surface area contributed by atoms with Crippen LogP contribution in [0, 0.1) is 0 Å². The summed E-state index contributed by atoms with van der Waals surface area (Å²) >= 11 is -1.22. The fourth-order valence-electron chi connectivity index (χ4n) is 1.02. The van der Waals surface area contributed by atoms with E-state index >= 15 is 0 Å². The van der Waals surface area contributed by atoms with Crippen molar-refractivity contribution < 1.29 is 9.35 Å². The first-order chi connectivity index (χ1) is 6.69. The smallest absolute Gasteiger partial charge is 0.251 e. The highest BCUT2D eigenvalue weighted by Crippen LogP contribution is 2.11. The van der Waals surface area contributed by atoms with Crippen LogP contribution in [0.15, 0.2) is 29.2 Å². The SMILES string of the molecule is CNC(=O)c1cccc([S+]([O-])CN)c1. The van der Waals surface area contributed by atoms with E-state index in [9.17, 15) is 9.35 Å². The summed E-state index contributed by atoms with van der Waals surface area (Å²) in [6.07, 6.45) is 0. The maximum Gasteiger partial charge on any atom is 0.251 e. The van der Waals surface area contributed by atoms with E-state index in [0.29, 0.717) is 10.5 Å². The van der Waals surface area contributed by atoms with Gasteiger partial charge in [-0.15, -0.1) is 0 Å². The van der Waals surface area contributed by atoms with Crippen LogP contribution in [0.3, 0.4) is 0 Å². The van der Waals surface area contributed by atoms with Gasteiger partial charge < -0.3 is 9.87 Å². The summed E-state index contributed by atoms with van der Waals surface area (Å²) in [5.74, 6) is -0.127. The number of carbonyl (C=O) groups is 1. The third kappa shape index (κ3) is 2.47. The number of carbonyl (C=O) groups excluding carboxylic acids is 1. The fourth-order valence-corrected chi connectivity index (χ4v) is 1.70. The van der Waals surface area contributed by atoms with Gasteiger partial charge in [-0.05, 0) is 12.1 Å². The Kier molecular flexibility index (Phi) is 3.94. The van der Waals surface area contributed by atoms with Gasteiger partial charge in [-0.1, -0.05) is 6.07 Å². The quantitative estimate of drug-likeness (QED) is 0.696. The summed E-state index contributed by atoms with van der Waals surface area (Å²) in [4.78, 5) is 11.8. The summed E-state index contributed by atoms with van der Waals surface area (Å²) in [7, 11) is 1.55. The Morgan fingerprint density at radius 2 is 2.36 bits per heavy atom. The molecule has 3 N–H and O–H groups in total. The van der Waals surface area contributed by atoms with Gasteiger partial charge in [0.05, 0.1) is 0 Å². The average Bonchev–Trinajstić information content (AvgIpc) is 2.27. The van der Waals surface area contributed by atoms with Crippen molar-refractivity contribution in [3.63, 3.8) is 0 Å². The molecule has 1 aromatic carbocycles. The minimum absolute atomic E-state index is 0.0667. The number of amides is 1. The van der Waals surface area contributed by atoms with Crippen LogP contribution in [-0.2, 0) is 11.2 Å². The Morgan fingerprint density at radius 3 is 2.93 bits per heavy atom. The molecule has 1 amide bonds. The van der Waals surface area contributed by atoms with Gasteiger partial charge in [0.15, 0.2) is 10.8 Å². The summed E-state index contributed by atoms with van der Waals surface area (Å²) in [5, 5.41) is 2.50. The minimum Gasteiger partial charge on any atom is -0.610 e. The molecule has 0 fully saturated rings. The average molecular weight is 212 g/mol. The van der Waals surface area contributed by atoms with Gasteiger partial charge in [0.2, 0.25) is 0 Å². The van der Waals surface area contributed by atoms with Crippen molar-refractivity contribution >= 4 is 17.1 Å². The number of hydrogen-bond donors (Lipinski definition) is 2. The van der Waals surface area contributed by atoms with Crippen molar-refractivity contribution in [2.45, 2.75) is 4.90 Å². The Morgan fingerprint density at radius 1 is 1.64 bits per heavy atom. The molecule has 76 valence electrons. The Labute approximate surface area is 85.7 Å². The van der Waals surface area contributed by atoms with Crippen LogP contribution in [0.2, 0.25) is 0 Å². The molecule has 1 atom stereocenters. The van der Waals surface area contributed by atoms with Crippen LogP contribution < -0.4 is 11.1 Å². The highest BCUT2D eigenvalue weighted by Gasteiger charge is 2.11. The van der Waals surface area contributed by atoms with Crippen LogP contribution >= 0.6 is 0 Å². The first-order valence-electron chi connectivity index (χ1n) is 4.09. The lowest BCUT2D eigenvalue weighted by molar-refractivity contribution is 0.0963. The standard InChI is InChI=1S/C9H12N2O2S/c1-11-9(12)7-3-2-4-8(5-7)14(13)6-10/h2-5H,6,10H2,1H3,(H,11,12). The lowest BCUT2D eigenvalue weighted by Crippen LogP contribution is -2.19. The molecule has 1 aromatic rings. The monoisotopic (exact) mass is 212 g/mol. The van der Waals surface area contributed by atoms with Gasteiger partial charge in [-0.25, -0.2) is 0 Å². The molecule has 0 saturated heterocycles. The molecule has 0 aliphatic heterocycles. The number of rotatable bonds is 3. The van der Waals surface area contributed by atoms with Crippen molar-refractivity contribution in [3.8, 4) is 0 Å². The molecule has 5 heteroatoms. The van der Waals surface area contributed by atoms with Gasteiger partial charge in [-0.2, -0.15) is 0 Å². The van der Waals surface area contributed by atoms with Crippen molar-refractivity contribution in [2.24, 2.45) is 5.73 Å². The van der Waals surface area contributed by atoms with Crippen molar-refractivity contribution in [2.75, 3.05) is 12.9 Å². The molecular weight excluding hydrogens is 200 g/mol. The van der Waals surface area contributed by atoms with Crippen LogP contribution in [0.25, 0.3) is 0 Å². The Hall–Kier alpha value is -1.04. The molecule has 0 radical (unpaired) electrons. The van der Waals surface area contributed by atoms with Crippen molar-refractivity contribution in [1.29, 1.82) is 0 Å². The van der Waals surface area contributed by atoms with E-state index in [2.05, 4.69) is 5.32 Å². The molecule has 0 saturated carbocycles. The van der Waals surface area contributed by atoms with E-state index in [1.165, 1.54) is 0 Å². The van der Waals surface area contributed by atoms with Gasteiger partial charge in [0.1, 0.15) is 0 Å². The van der Waals surface area contributed by atoms with E-state index in [4.69, 9.17) is 5.73 Å². The molecule has 1 unspecified atom stereocenters. The van der Waals surface area contributed by atoms with Gasteiger partial charge in [-0.3, -0.25) is 10.5 Å². The molecule has 1 rings (SSSR count). The minimum atomic E-state index is -1.22. The number of benzene rings is 1. The number of hydrogen-bond acceptors (Lipinski definition) is 3. The molecule has 4 nitrogen and oxygen atoms in total. The third-order valence-electron chi connectivity index (χ3n) is 1.74. The second-order valence-electron chi connectivity index (χ2n) is 2.62. The summed E-state index contributed by atoms with van der Waals surface area (Å²) in [6.45, 7) is 0. The maximum absolute atomic E-state index is 11.3. The Bertz CT molecular complexity index is 330. The third-order valence-corrected chi connectivity index (χ3v) is 2.82. The van der Waals surface area contributed by atoms with E-state index in [0.717, 1.165) is 0 Å². The zero-order valence-corrected chi connectivity index (χ0v) is 8.64. The number of nitrogens with one attached hydrogen (secondary N) is 1. The highest BCUT2D eigenvalue weighted by molar-refractivity contribution is 7.91. The van der Waals surface area contributed by atoms with Gasteiger partial charge in [0, 0.05) is 29.9 Å². The topological polar surface area (TPSA) is 78.2 Å². The van der Waals surface area contributed by atoms with Crippen LogP contribution in [-0.4, -0.2) is 23.4 Å². The summed E-state index contributed by atoms with van der Waals surface area (Å²) in [6, 6.07) is 6.63. The first-order valence-corrected chi connectivity index (χ1v) is 5.41. The summed E-state index contributed by atoms with van der Waals surface area (Å²) in [5.41, 5.74) is 5.75. The molecule has 0 aliphatic carbocycles. The molecule has 14 heavy (non-hydrogen) atoms. The largest absolute Gasteiger partial charge is 0.610 e. The predicted octanol–water partition coefficient (Wildman–Crippen LogP) is 0.0700. The van der Waals surface area contributed by atoms with Crippen LogP contribution in [0.1, 0.15) is 10.4 Å². The highest BCUT2D eigenvalue weighted by atomic mass is 32.2. The lowest BCUT2D eigenvalue weighted by atomic mass is 10.2. The zero-order chi connectivity index (χ0) is 10.6. The lowest BCUT2D eigenvalue weighted by Gasteiger charge is -2.08. The molecule has 0 heterocycles. The number of nitrogens with two attached hydrogens (primary N) is 1. The zero-order valence-electron chi connectivity index (χ0n) is 7.82. The van der Waals surface area contributed by atoms with Crippen molar-refractivity contribution in [3.05, 3.63) is 29.8 Å². The maximum atomic E-state index is 11.3. The normalized spacial score (nSPS) is 12.2. The molecule has 0 aromatic heterocycles. The van der Waals surface area contributed by atoms with Crippen molar-refractivity contribution in [1.82, 2.24) is 5.32 Å². The van der Waals surface area contributed by atoms with E-state index < -0.39 is 11.2 Å². The van der Waals surface area contributed by atoms with Gasteiger partial charge in [0.25, 0.3) is 5.91 Å². The van der Waals surface area contributed by atoms with Crippen LogP contribution in [0.4, 0.5) is 0 Å². The molecule has 0 spiro atoms. The van der Waals surface area contributed by atoms with E-state index in [1.807, 2.05) is 0 Å². The van der Waals surface area contributed by atoms with E-state index in [1.54, 1.807) is 31.3 Å². The van der Waals surface area contributed by atoms with Gasteiger partial charge >= 0.3 is 0 Å². The predicted molar refractivity (Wildman–Crippen MR) is 55.3 cm³/mol.